The lowest BCUT2D eigenvalue weighted by molar-refractivity contribution is 0.0440. The van der Waals surface area contributed by atoms with Gasteiger partial charge in [-0.3, -0.25) is 0 Å². The van der Waals surface area contributed by atoms with Gasteiger partial charge in [-0.15, -0.1) is 11.6 Å². The molecule has 0 spiro atoms. The van der Waals surface area contributed by atoms with Crippen LogP contribution in [0.25, 0.3) is 0 Å². The first-order chi connectivity index (χ1) is 9.78. The molecule has 108 valence electrons. The molecule has 1 aliphatic rings. The third kappa shape index (κ3) is 3.65. The fraction of sp³-hybridized carbons (Fsp3) is 0.562. The summed E-state index contributed by atoms with van der Waals surface area (Å²) in [6, 6.07) is 8.18. The second-order valence-corrected chi connectivity index (χ2v) is 5.45. The number of benzene rings is 1. The van der Waals surface area contributed by atoms with E-state index in [4.69, 9.17) is 16.3 Å². The predicted molar refractivity (Wildman–Crippen MR) is 82.2 cm³/mol. The number of ether oxygens (including phenoxy) is 1. The molecule has 3 nitrogen and oxygen atoms in total. The van der Waals surface area contributed by atoms with E-state index in [1.165, 1.54) is 0 Å². The van der Waals surface area contributed by atoms with Gasteiger partial charge in [-0.1, -0.05) is 13.0 Å². The van der Waals surface area contributed by atoms with Crippen molar-refractivity contribution in [3.8, 4) is 6.07 Å². The SMILES string of the molecule is CCCOC1CCCN(c2ccc(CCl)cc2C#N)C1. The molecule has 0 aromatic heterocycles. The molecule has 1 fully saturated rings. The van der Waals surface area contributed by atoms with Crippen LogP contribution in [0.15, 0.2) is 18.2 Å². The molecular weight excluding hydrogens is 272 g/mol. The van der Waals surface area contributed by atoms with Crippen LogP contribution in [0, 0.1) is 11.3 Å². The zero-order valence-corrected chi connectivity index (χ0v) is 12.7. The van der Waals surface area contributed by atoms with Crippen LogP contribution in [0.3, 0.4) is 0 Å². The van der Waals surface area contributed by atoms with Gasteiger partial charge in [-0.05, 0) is 37.0 Å². The summed E-state index contributed by atoms with van der Waals surface area (Å²) in [7, 11) is 0. The first-order valence-corrected chi connectivity index (χ1v) is 7.77. The standard InChI is InChI=1S/C16H21ClN2O/c1-2-8-20-15-4-3-7-19(12-15)16-6-5-13(10-17)9-14(16)11-18/h5-6,9,15H,2-4,7-8,10,12H2,1H3. The maximum atomic E-state index is 9.33. The molecule has 2 rings (SSSR count). The van der Waals surface area contributed by atoms with Crippen molar-refractivity contribution in [1.82, 2.24) is 0 Å². The monoisotopic (exact) mass is 292 g/mol. The number of nitriles is 1. The summed E-state index contributed by atoms with van der Waals surface area (Å²) in [6.45, 7) is 4.80. The second kappa shape index (κ2) is 7.52. The minimum Gasteiger partial charge on any atom is -0.376 e. The van der Waals surface area contributed by atoms with Crippen molar-refractivity contribution in [2.75, 3.05) is 24.6 Å². The molecule has 0 amide bonds. The van der Waals surface area contributed by atoms with E-state index in [1.807, 2.05) is 18.2 Å². The highest BCUT2D eigenvalue weighted by atomic mass is 35.5. The Bertz CT molecular complexity index is 484. The Morgan fingerprint density at radius 3 is 3.05 bits per heavy atom. The van der Waals surface area contributed by atoms with Gasteiger partial charge in [0.05, 0.1) is 17.4 Å². The van der Waals surface area contributed by atoms with Crippen LogP contribution in [0.5, 0.6) is 0 Å². The number of alkyl halides is 1. The number of hydrogen-bond acceptors (Lipinski definition) is 3. The van der Waals surface area contributed by atoms with Gasteiger partial charge >= 0.3 is 0 Å². The molecule has 1 saturated heterocycles. The second-order valence-electron chi connectivity index (χ2n) is 5.18. The van der Waals surface area contributed by atoms with E-state index in [0.717, 1.165) is 50.2 Å². The molecule has 0 bridgehead atoms. The topological polar surface area (TPSA) is 36.3 Å². The van der Waals surface area contributed by atoms with Crippen LogP contribution in [0.4, 0.5) is 5.69 Å². The van der Waals surface area contributed by atoms with Gasteiger partial charge in [-0.2, -0.15) is 5.26 Å². The molecule has 1 unspecified atom stereocenters. The molecule has 1 atom stereocenters. The van der Waals surface area contributed by atoms with Gasteiger partial charge in [0.15, 0.2) is 0 Å². The zero-order chi connectivity index (χ0) is 14.4. The van der Waals surface area contributed by atoms with Crippen molar-refractivity contribution < 1.29 is 4.74 Å². The van der Waals surface area contributed by atoms with Crippen molar-refractivity contribution in [3.63, 3.8) is 0 Å². The smallest absolute Gasteiger partial charge is 0.101 e. The highest BCUT2D eigenvalue weighted by Crippen LogP contribution is 2.26. The lowest BCUT2D eigenvalue weighted by atomic mass is 10.0. The fourth-order valence-electron chi connectivity index (χ4n) is 2.61. The maximum Gasteiger partial charge on any atom is 0.101 e. The molecular formula is C16H21ClN2O. The summed E-state index contributed by atoms with van der Waals surface area (Å²) >= 11 is 5.83. The van der Waals surface area contributed by atoms with Crippen LogP contribution in [-0.2, 0) is 10.6 Å². The first kappa shape index (κ1) is 15.2. The zero-order valence-electron chi connectivity index (χ0n) is 11.9. The highest BCUT2D eigenvalue weighted by Gasteiger charge is 2.22. The highest BCUT2D eigenvalue weighted by molar-refractivity contribution is 6.17. The summed E-state index contributed by atoms with van der Waals surface area (Å²) in [5.74, 6) is 0.442. The Hall–Kier alpha value is -1.24. The Labute approximate surface area is 126 Å². The summed E-state index contributed by atoms with van der Waals surface area (Å²) < 4.78 is 5.86. The molecule has 1 aromatic carbocycles. The van der Waals surface area contributed by atoms with Gasteiger partial charge < -0.3 is 9.64 Å². The van der Waals surface area contributed by atoms with E-state index in [1.54, 1.807) is 0 Å². The van der Waals surface area contributed by atoms with Gasteiger partial charge in [0.1, 0.15) is 6.07 Å². The van der Waals surface area contributed by atoms with Gasteiger partial charge in [0, 0.05) is 25.6 Å². The average molecular weight is 293 g/mol. The number of anilines is 1. The quantitative estimate of drug-likeness (QED) is 0.777. The predicted octanol–water partition coefficient (Wildman–Crippen LogP) is 3.69. The minimum atomic E-state index is 0.281. The number of hydrogen-bond donors (Lipinski definition) is 0. The van der Waals surface area contributed by atoms with Crippen LogP contribution in [0.2, 0.25) is 0 Å². The third-order valence-electron chi connectivity index (χ3n) is 3.61. The maximum absolute atomic E-state index is 9.33. The molecule has 0 aliphatic carbocycles. The Morgan fingerprint density at radius 1 is 1.50 bits per heavy atom. The van der Waals surface area contributed by atoms with Crippen LogP contribution in [-0.4, -0.2) is 25.8 Å². The molecule has 1 aromatic rings. The average Bonchev–Trinajstić information content (AvgIpc) is 2.52. The fourth-order valence-corrected chi connectivity index (χ4v) is 2.78. The molecule has 0 saturated carbocycles. The van der Waals surface area contributed by atoms with Crippen molar-refractivity contribution in [1.29, 1.82) is 5.26 Å². The lowest BCUT2D eigenvalue weighted by Gasteiger charge is -2.34. The third-order valence-corrected chi connectivity index (χ3v) is 3.92. The number of nitrogens with zero attached hydrogens (tertiary/aromatic N) is 2. The minimum absolute atomic E-state index is 0.281. The number of piperidine rings is 1. The van der Waals surface area contributed by atoms with E-state index < -0.39 is 0 Å². The molecule has 4 heteroatoms. The normalized spacial score (nSPS) is 18.9. The molecule has 20 heavy (non-hydrogen) atoms. The molecule has 1 aliphatic heterocycles. The van der Waals surface area contributed by atoms with E-state index in [9.17, 15) is 5.26 Å². The Morgan fingerprint density at radius 2 is 2.35 bits per heavy atom. The summed E-state index contributed by atoms with van der Waals surface area (Å²) in [6.07, 6.45) is 3.54. The van der Waals surface area contributed by atoms with Crippen LogP contribution < -0.4 is 4.90 Å². The van der Waals surface area contributed by atoms with E-state index in [0.29, 0.717) is 11.4 Å². The van der Waals surface area contributed by atoms with Crippen molar-refractivity contribution >= 4 is 17.3 Å². The van der Waals surface area contributed by atoms with E-state index in [-0.39, 0.29) is 6.10 Å². The summed E-state index contributed by atoms with van der Waals surface area (Å²) in [4.78, 5) is 2.26. The summed E-state index contributed by atoms with van der Waals surface area (Å²) in [5.41, 5.74) is 2.70. The van der Waals surface area contributed by atoms with Crippen LogP contribution >= 0.6 is 11.6 Å². The number of halogens is 1. The van der Waals surface area contributed by atoms with E-state index in [2.05, 4.69) is 17.9 Å². The largest absolute Gasteiger partial charge is 0.376 e. The van der Waals surface area contributed by atoms with E-state index >= 15 is 0 Å². The Kier molecular flexibility index (Phi) is 5.70. The Balaban J connectivity index is 2.12. The molecule has 0 radical (unpaired) electrons. The lowest BCUT2D eigenvalue weighted by Crippen LogP contribution is -2.40. The first-order valence-electron chi connectivity index (χ1n) is 7.24. The van der Waals surface area contributed by atoms with Gasteiger partial charge in [-0.25, -0.2) is 0 Å². The van der Waals surface area contributed by atoms with Gasteiger partial charge in [0.25, 0.3) is 0 Å². The van der Waals surface area contributed by atoms with Crippen molar-refractivity contribution in [2.24, 2.45) is 0 Å². The van der Waals surface area contributed by atoms with Crippen LogP contribution in [0.1, 0.15) is 37.3 Å². The number of rotatable bonds is 5. The molecule has 0 N–H and O–H groups in total. The van der Waals surface area contributed by atoms with Gasteiger partial charge in [0.2, 0.25) is 0 Å². The summed E-state index contributed by atoms with van der Waals surface area (Å²) in [5, 5.41) is 9.33. The molecule has 1 heterocycles. The van der Waals surface area contributed by atoms with Crippen molar-refractivity contribution in [2.45, 2.75) is 38.2 Å². The van der Waals surface area contributed by atoms with Crippen molar-refractivity contribution in [3.05, 3.63) is 29.3 Å².